The summed E-state index contributed by atoms with van der Waals surface area (Å²) in [7, 11) is 2.09. The van der Waals surface area contributed by atoms with Crippen molar-refractivity contribution in [3.63, 3.8) is 0 Å². The van der Waals surface area contributed by atoms with Gasteiger partial charge in [0, 0.05) is 23.6 Å². The van der Waals surface area contributed by atoms with E-state index in [0.717, 1.165) is 53.6 Å². The zero-order chi connectivity index (χ0) is 30.3. The second-order valence-electron chi connectivity index (χ2n) is 9.20. The van der Waals surface area contributed by atoms with Crippen molar-refractivity contribution in [3.05, 3.63) is 95.5 Å². The number of carboxylic acid groups (broad SMARTS) is 2. The molecule has 222 valence electrons. The molecule has 0 fully saturated rings. The highest BCUT2D eigenvalue weighted by atomic mass is 35.5. The quantitative estimate of drug-likeness (QED) is 0.157. The molecule has 0 bridgehead atoms. The van der Waals surface area contributed by atoms with Crippen LogP contribution in [0, 0.1) is 0 Å². The highest BCUT2D eigenvalue weighted by Crippen LogP contribution is 2.43. The Morgan fingerprint density at radius 2 is 1.57 bits per heavy atom. The van der Waals surface area contributed by atoms with E-state index in [2.05, 4.69) is 17.3 Å². The maximum Gasteiger partial charge on any atom is 0.328 e. The number of unbranched alkanes of at least 4 members (excludes halogenated alkanes) is 1. The predicted molar refractivity (Wildman–Crippen MR) is 164 cm³/mol. The molecule has 3 N–H and O–H groups in total. The molecule has 9 nitrogen and oxygen atoms in total. The van der Waals surface area contributed by atoms with E-state index in [1.807, 2.05) is 72.8 Å². The number of rotatable bonds is 13. The van der Waals surface area contributed by atoms with Crippen LogP contribution < -0.4 is 14.8 Å². The lowest BCUT2D eigenvalue weighted by molar-refractivity contribution is -0.134. The van der Waals surface area contributed by atoms with E-state index in [0.29, 0.717) is 30.4 Å². The first-order valence-corrected chi connectivity index (χ1v) is 14.5. The number of halogens is 1. The molecule has 4 rings (SSSR count). The molecule has 0 radical (unpaired) electrons. The van der Waals surface area contributed by atoms with Crippen molar-refractivity contribution in [2.24, 2.45) is 0 Å². The first kappa shape index (κ1) is 32.5. The molecule has 1 aliphatic heterocycles. The molecule has 3 aromatic carbocycles. The van der Waals surface area contributed by atoms with Gasteiger partial charge >= 0.3 is 11.9 Å². The number of likely N-dealkylation sites (N-methyl/N-ethyl adjacent to an activating group) is 1. The minimum atomic E-state index is -1.26. The summed E-state index contributed by atoms with van der Waals surface area (Å²) in [6.45, 7) is 3.08. The average Bonchev–Trinajstić information content (AvgIpc) is 2.97. The van der Waals surface area contributed by atoms with Gasteiger partial charge in [-0.2, -0.15) is 0 Å². The minimum absolute atomic E-state index is 0.0127. The summed E-state index contributed by atoms with van der Waals surface area (Å²) < 4.78 is 11.6. The summed E-state index contributed by atoms with van der Waals surface area (Å²) in [5.41, 5.74) is 1.86. The molecule has 1 aliphatic rings. The summed E-state index contributed by atoms with van der Waals surface area (Å²) in [6.07, 6.45) is 3.12. The molecule has 11 heteroatoms. The van der Waals surface area contributed by atoms with Gasteiger partial charge in [-0.15, -0.1) is 11.8 Å². The van der Waals surface area contributed by atoms with Gasteiger partial charge in [-0.1, -0.05) is 48.0 Å². The topological polar surface area (TPSA) is 125 Å². The Labute approximate surface area is 254 Å². The standard InChI is InChI=1S/C27H29ClN2O3S.C4H4O4/c1-30(17-19-33-24-10-4-2-8-22(24)28)16-6-7-18-32-21-14-12-20(13-15-21)26-27(31)29-23-9-3-5-11-25(23)34-26;5-3(6)1-2-4(7)8/h2-5,8-15,26H,6-7,16-19H2,1H3,(H,29,31);1-2H,(H,5,6)(H,7,8)/b;2-1+. The zero-order valence-electron chi connectivity index (χ0n) is 23.1. The maximum absolute atomic E-state index is 12.5. The van der Waals surface area contributed by atoms with E-state index in [4.69, 9.17) is 31.3 Å². The fourth-order valence-electron chi connectivity index (χ4n) is 3.81. The van der Waals surface area contributed by atoms with Crippen LogP contribution in [0.5, 0.6) is 11.5 Å². The maximum atomic E-state index is 12.5. The normalized spacial score (nSPS) is 14.0. The number of carbonyl (C=O) groups excluding carboxylic acids is 1. The average molecular weight is 613 g/mol. The van der Waals surface area contributed by atoms with Crippen LogP contribution in [0.25, 0.3) is 0 Å². The van der Waals surface area contributed by atoms with Crippen molar-refractivity contribution in [3.8, 4) is 11.5 Å². The summed E-state index contributed by atoms with van der Waals surface area (Å²) in [5.74, 6) is -0.949. The van der Waals surface area contributed by atoms with Crippen molar-refractivity contribution in [1.82, 2.24) is 4.90 Å². The van der Waals surface area contributed by atoms with E-state index in [1.54, 1.807) is 11.8 Å². The third-order valence-electron chi connectivity index (χ3n) is 5.95. The lowest BCUT2D eigenvalue weighted by Crippen LogP contribution is -2.25. The van der Waals surface area contributed by atoms with Gasteiger partial charge in [-0.3, -0.25) is 4.79 Å². The van der Waals surface area contributed by atoms with Crippen molar-refractivity contribution in [2.75, 3.05) is 38.7 Å². The molecule has 1 heterocycles. The number of para-hydroxylation sites is 2. The molecule has 0 saturated carbocycles. The molecule has 42 heavy (non-hydrogen) atoms. The number of ether oxygens (including phenoxy) is 2. The van der Waals surface area contributed by atoms with Crippen molar-refractivity contribution in [1.29, 1.82) is 0 Å². The van der Waals surface area contributed by atoms with E-state index in [9.17, 15) is 14.4 Å². The van der Waals surface area contributed by atoms with Crippen LogP contribution in [-0.4, -0.2) is 66.3 Å². The van der Waals surface area contributed by atoms with E-state index < -0.39 is 11.9 Å². The van der Waals surface area contributed by atoms with E-state index >= 15 is 0 Å². The molecule has 1 atom stereocenters. The first-order valence-electron chi connectivity index (χ1n) is 13.2. The Balaban J connectivity index is 0.000000531. The fourth-order valence-corrected chi connectivity index (χ4v) is 5.12. The van der Waals surface area contributed by atoms with Crippen molar-refractivity contribution in [2.45, 2.75) is 23.0 Å². The Morgan fingerprint density at radius 3 is 2.26 bits per heavy atom. The van der Waals surface area contributed by atoms with Gasteiger partial charge in [0.15, 0.2) is 0 Å². The van der Waals surface area contributed by atoms with Gasteiger partial charge in [-0.05, 0) is 68.4 Å². The Bertz CT molecular complexity index is 1350. The van der Waals surface area contributed by atoms with Gasteiger partial charge in [0.05, 0.1) is 17.3 Å². The third-order valence-corrected chi connectivity index (χ3v) is 7.59. The van der Waals surface area contributed by atoms with Gasteiger partial charge in [0.1, 0.15) is 23.4 Å². The molecule has 0 spiro atoms. The monoisotopic (exact) mass is 612 g/mol. The molecule has 1 unspecified atom stereocenters. The number of amides is 1. The van der Waals surface area contributed by atoms with Gasteiger partial charge in [0.25, 0.3) is 0 Å². The Morgan fingerprint density at radius 1 is 0.905 bits per heavy atom. The second kappa shape index (κ2) is 17.1. The van der Waals surface area contributed by atoms with Crippen molar-refractivity contribution >= 4 is 46.9 Å². The number of thioether (sulfide) groups is 1. The summed E-state index contributed by atoms with van der Waals surface area (Å²) in [5, 5.41) is 19.0. The number of carboxylic acids is 2. The fraction of sp³-hybridized carbons (Fsp3) is 0.258. The zero-order valence-corrected chi connectivity index (χ0v) is 24.6. The minimum Gasteiger partial charge on any atom is -0.494 e. The number of hydrogen-bond acceptors (Lipinski definition) is 7. The molecule has 3 aromatic rings. The predicted octanol–water partition coefficient (Wildman–Crippen LogP) is 6.01. The number of hydrogen-bond donors (Lipinski definition) is 3. The Hall–Kier alpha value is -3.99. The molecule has 1 amide bonds. The Kier molecular flexibility index (Phi) is 13.2. The van der Waals surface area contributed by atoms with Crippen LogP contribution in [0.2, 0.25) is 5.02 Å². The number of nitrogens with one attached hydrogen (secondary N) is 1. The van der Waals surface area contributed by atoms with E-state index in [1.165, 1.54) is 0 Å². The van der Waals surface area contributed by atoms with Crippen molar-refractivity contribution < 1.29 is 34.1 Å². The van der Waals surface area contributed by atoms with Crippen LogP contribution >= 0.6 is 23.4 Å². The SMILES string of the molecule is CN(CCCCOc1ccc(C2Sc3ccccc3NC2=O)cc1)CCOc1ccccc1Cl.O=C(O)/C=C/C(=O)O. The largest absolute Gasteiger partial charge is 0.494 e. The molecule has 0 saturated heterocycles. The first-order chi connectivity index (χ1) is 20.2. The van der Waals surface area contributed by atoms with Crippen LogP contribution in [0.3, 0.4) is 0 Å². The number of nitrogens with zero attached hydrogens (tertiary/aromatic N) is 1. The van der Waals surface area contributed by atoms with Crippen LogP contribution in [0.15, 0.2) is 89.8 Å². The van der Waals surface area contributed by atoms with E-state index in [-0.39, 0.29) is 11.2 Å². The van der Waals surface area contributed by atoms with Crippen LogP contribution in [0.1, 0.15) is 23.7 Å². The summed E-state index contributed by atoms with van der Waals surface area (Å²) >= 11 is 7.69. The van der Waals surface area contributed by atoms with Crippen LogP contribution in [0.4, 0.5) is 5.69 Å². The molecule has 0 aromatic heterocycles. The number of anilines is 1. The number of benzene rings is 3. The summed E-state index contributed by atoms with van der Waals surface area (Å²) in [4.78, 5) is 35.0. The number of aliphatic carboxylic acids is 2. The smallest absolute Gasteiger partial charge is 0.328 e. The molecular weight excluding hydrogens is 580 g/mol. The van der Waals surface area contributed by atoms with Gasteiger partial charge < -0.3 is 29.9 Å². The third kappa shape index (κ3) is 11.1. The highest BCUT2D eigenvalue weighted by molar-refractivity contribution is 8.00. The van der Waals surface area contributed by atoms with Gasteiger partial charge in [0.2, 0.25) is 5.91 Å². The lowest BCUT2D eigenvalue weighted by Gasteiger charge is -2.24. The lowest BCUT2D eigenvalue weighted by atomic mass is 10.1. The molecular formula is C31H33ClN2O7S. The second-order valence-corrected chi connectivity index (χ2v) is 10.8. The number of carbonyl (C=O) groups is 3. The van der Waals surface area contributed by atoms with Crippen LogP contribution in [-0.2, 0) is 14.4 Å². The summed E-state index contributed by atoms with van der Waals surface area (Å²) in [6, 6.07) is 23.3. The molecule has 0 aliphatic carbocycles. The highest BCUT2D eigenvalue weighted by Gasteiger charge is 2.28. The van der Waals surface area contributed by atoms with Gasteiger partial charge in [-0.25, -0.2) is 9.59 Å². The number of fused-ring (bicyclic) bond motifs is 1.